The van der Waals surface area contributed by atoms with Gasteiger partial charge in [0.05, 0.1) is 23.8 Å². The molecule has 1 aromatic carbocycles. The minimum atomic E-state index is -0.633. The van der Waals surface area contributed by atoms with Crippen molar-refractivity contribution in [1.29, 1.82) is 5.26 Å². The minimum Gasteiger partial charge on any atom is -0.444 e. The van der Waals surface area contributed by atoms with Gasteiger partial charge in [0.1, 0.15) is 23.1 Å². The van der Waals surface area contributed by atoms with Crippen LogP contribution in [0.3, 0.4) is 0 Å². The van der Waals surface area contributed by atoms with Gasteiger partial charge in [-0.25, -0.2) is 9.18 Å². The van der Waals surface area contributed by atoms with Crippen LogP contribution in [0, 0.1) is 17.1 Å². The molecule has 0 N–H and O–H groups in total. The number of piperazine rings is 1. The number of carbonyl (C=O) groups excluding carboxylic acids is 1. The van der Waals surface area contributed by atoms with Crippen molar-refractivity contribution in [2.75, 3.05) is 32.8 Å². The summed E-state index contributed by atoms with van der Waals surface area (Å²) in [4.78, 5) is 16.2. The third kappa shape index (κ3) is 4.34. The zero-order valence-corrected chi connectivity index (χ0v) is 16.4. The molecule has 0 aliphatic carbocycles. The smallest absolute Gasteiger partial charge is 0.410 e. The Labute approximate surface area is 163 Å². The fourth-order valence-corrected chi connectivity index (χ4v) is 3.70. The Morgan fingerprint density at radius 3 is 2.78 bits per heavy atom. The number of hydrogen-bond donors (Lipinski definition) is 0. The van der Waals surface area contributed by atoms with E-state index in [1.165, 1.54) is 6.07 Å². The fraction of sp³-hybridized carbons (Fsp3) is 0.579. The Bertz CT molecular complexity index is 775. The summed E-state index contributed by atoms with van der Waals surface area (Å²) in [5.41, 5.74) is -0.0718. The standard InChI is InChI=1S/C19H23ClFN3O3/c1-19(2,3)27-18(25)24-7-6-23-10-16(26-11-12(23)9-24)13-4-5-15(21)14(8-22)17(13)20/h4-5,12,16H,6-7,9-11H2,1-3H3. The SMILES string of the molecule is CC(C)(C)OC(=O)N1CCN2CC(c3ccc(F)c(C#N)c3Cl)OCC2C1. The van der Waals surface area contributed by atoms with E-state index >= 15 is 0 Å². The minimum absolute atomic E-state index is 0.0668. The first-order valence-corrected chi connectivity index (χ1v) is 9.29. The van der Waals surface area contributed by atoms with Gasteiger partial charge in [-0.3, -0.25) is 4.90 Å². The van der Waals surface area contributed by atoms with Crippen molar-refractivity contribution in [2.45, 2.75) is 38.5 Å². The van der Waals surface area contributed by atoms with Crippen LogP contribution in [-0.2, 0) is 9.47 Å². The molecule has 2 atom stereocenters. The molecule has 2 saturated heterocycles. The number of amides is 1. The summed E-state index contributed by atoms with van der Waals surface area (Å²) < 4.78 is 25.1. The molecule has 2 aliphatic rings. The second-order valence-corrected chi connectivity index (χ2v) is 8.21. The van der Waals surface area contributed by atoms with E-state index in [0.29, 0.717) is 38.3 Å². The Hall–Kier alpha value is -1.88. The fourth-order valence-electron chi connectivity index (χ4n) is 3.38. The molecule has 1 amide bonds. The summed E-state index contributed by atoms with van der Waals surface area (Å²) >= 11 is 6.22. The maximum Gasteiger partial charge on any atom is 0.410 e. The molecule has 8 heteroatoms. The van der Waals surface area contributed by atoms with Gasteiger partial charge in [0.15, 0.2) is 0 Å². The molecule has 0 aromatic heterocycles. The molecule has 0 radical (unpaired) electrons. The molecule has 2 fully saturated rings. The number of nitrogens with zero attached hydrogens (tertiary/aromatic N) is 3. The predicted octanol–water partition coefficient (Wildman–Crippen LogP) is 3.34. The third-order valence-electron chi connectivity index (χ3n) is 4.73. The quantitative estimate of drug-likeness (QED) is 0.729. The van der Waals surface area contributed by atoms with E-state index in [-0.39, 0.29) is 28.8 Å². The lowest BCUT2D eigenvalue weighted by Crippen LogP contribution is -2.60. The van der Waals surface area contributed by atoms with Crippen LogP contribution in [0.15, 0.2) is 12.1 Å². The number of morpholine rings is 1. The number of carbonyl (C=O) groups is 1. The van der Waals surface area contributed by atoms with E-state index in [9.17, 15) is 9.18 Å². The Kier molecular flexibility index (Phi) is 5.61. The van der Waals surface area contributed by atoms with E-state index in [0.717, 1.165) is 0 Å². The van der Waals surface area contributed by atoms with Gasteiger partial charge in [-0.15, -0.1) is 0 Å². The first kappa shape index (κ1) is 19.9. The van der Waals surface area contributed by atoms with E-state index < -0.39 is 11.4 Å². The molecule has 0 bridgehead atoms. The zero-order chi connectivity index (χ0) is 19.8. The Balaban J connectivity index is 1.67. The van der Waals surface area contributed by atoms with Gasteiger partial charge in [-0.1, -0.05) is 17.7 Å². The molecule has 27 heavy (non-hydrogen) atoms. The van der Waals surface area contributed by atoms with Gasteiger partial charge in [0.25, 0.3) is 0 Å². The number of fused-ring (bicyclic) bond motifs is 1. The van der Waals surface area contributed by atoms with Crippen LogP contribution >= 0.6 is 11.6 Å². The summed E-state index contributed by atoms with van der Waals surface area (Å²) in [6.07, 6.45) is -0.654. The lowest BCUT2D eigenvalue weighted by Gasteiger charge is -2.46. The summed E-state index contributed by atoms with van der Waals surface area (Å²) in [6.45, 7) is 8.31. The lowest BCUT2D eigenvalue weighted by atomic mass is 10.0. The van der Waals surface area contributed by atoms with E-state index in [1.807, 2.05) is 20.8 Å². The van der Waals surface area contributed by atoms with Gasteiger partial charge in [-0.2, -0.15) is 5.26 Å². The molecule has 6 nitrogen and oxygen atoms in total. The predicted molar refractivity (Wildman–Crippen MR) is 98.0 cm³/mol. The molecular formula is C19H23ClFN3O3. The maximum atomic E-state index is 13.7. The second-order valence-electron chi connectivity index (χ2n) is 7.83. The van der Waals surface area contributed by atoms with Gasteiger partial charge in [-0.05, 0) is 26.8 Å². The van der Waals surface area contributed by atoms with Gasteiger partial charge >= 0.3 is 6.09 Å². The highest BCUT2D eigenvalue weighted by molar-refractivity contribution is 6.32. The Morgan fingerprint density at radius 1 is 1.37 bits per heavy atom. The van der Waals surface area contributed by atoms with Crippen molar-refractivity contribution in [1.82, 2.24) is 9.80 Å². The second kappa shape index (κ2) is 7.63. The van der Waals surface area contributed by atoms with Crippen molar-refractivity contribution in [3.05, 3.63) is 34.1 Å². The average molecular weight is 396 g/mol. The molecule has 0 saturated carbocycles. The van der Waals surface area contributed by atoms with Crippen molar-refractivity contribution < 1.29 is 18.7 Å². The van der Waals surface area contributed by atoms with Crippen molar-refractivity contribution in [3.8, 4) is 6.07 Å². The Morgan fingerprint density at radius 2 is 2.11 bits per heavy atom. The van der Waals surface area contributed by atoms with Crippen molar-refractivity contribution in [2.24, 2.45) is 0 Å². The molecule has 2 heterocycles. The molecule has 1 aromatic rings. The highest BCUT2D eigenvalue weighted by atomic mass is 35.5. The van der Waals surface area contributed by atoms with E-state index in [1.54, 1.807) is 17.0 Å². The largest absolute Gasteiger partial charge is 0.444 e. The summed E-state index contributed by atoms with van der Waals surface area (Å²) in [5, 5.41) is 9.20. The molecule has 3 rings (SSSR count). The van der Waals surface area contributed by atoms with E-state index in [4.69, 9.17) is 26.3 Å². The number of nitriles is 1. The number of rotatable bonds is 1. The first-order valence-electron chi connectivity index (χ1n) is 8.91. The van der Waals surface area contributed by atoms with Gasteiger partial charge in [0.2, 0.25) is 0 Å². The van der Waals surface area contributed by atoms with Gasteiger partial charge < -0.3 is 14.4 Å². The summed E-state index contributed by atoms with van der Waals surface area (Å²) in [6, 6.07) is 4.68. The van der Waals surface area contributed by atoms with Crippen LogP contribution in [0.1, 0.15) is 38.0 Å². The van der Waals surface area contributed by atoms with Crippen LogP contribution < -0.4 is 0 Å². The molecule has 0 spiro atoms. The highest BCUT2D eigenvalue weighted by Gasteiger charge is 2.37. The number of ether oxygens (including phenoxy) is 2. The number of halogens is 2. The van der Waals surface area contributed by atoms with Crippen molar-refractivity contribution in [3.63, 3.8) is 0 Å². The van der Waals surface area contributed by atoms with Crippen LogP contribution in [-0.4, -0.2) is 60.3 Å². The van der Waals surface area contributed by atoms with E-state index in [2.05, 4.69) is 4.90 Å². The average Bonchev–Trinajstić information content (AvgIpc) is 2.60. The monoisotopic (exact) mass is 395 g/mol. The van der Waals surface area contributed by atoms with Gasteiger partial charge in [0, 0.05) is 31.7 Å². The number of benzene rings is 1. The molecule has 2 unspecified atom stereocenters. The third-order valence-corrected chi connectivity index (χ3v) is 5.13. The molecule has 146 valence electrons. The topological polar surface area (TPSA) is 65.8 Å². The first-order chi connectivity index (χ1) is 12.7. The van der Waals surface area contributed by atoms with Crippen LogP contribution in [0.5, 0.6) is 0 Å². The van der Waals surface area contributed by atoms with Crippen LogP contribution in [0.25, 0.3) is 0 Å². The van der Waals surface area contributed by atoms with Crippen LogP contribution in [0.2, 0.25) is 5.02 Å². The lowest BCUT2D eigenvalue weighted by molar-refractivity contribution is -0.0906. The van der Waals surface area contributed by atoms with Crippen LogP contribution in [0.4, 0.5) is 9.18 Å². The molecular weight excluding hydrogens is 373 g/mol. The maximum absolute atomic E-state index is 13.7. The molecule has 2 aliphatic heterocycles. The normalized spacial score (nSPS) is 23.5. The highest BCUT2D eigenvalue weighted by Crippen LogP contribution is 2.34. The summed E-state index contributed by atoms with van der Waals surface area (Å²) in [7, 11) is 0. The number of hydrogen-bond acceptors (Lipinski definition) is 5. The van der Waals surface area contributed by atoms with Crippen molar-refractivity contribution >= 4 is 17.7 Å². The summed E-state index contributed by atoms with van der Waals surface area (Å²) in [5.74, 6) is -0.633. The zero-order valence-electron chi connectivity index (χ0n) is 15.7.